The van der Waals surface area contributed by atoms with E-state index in [9.17, 15) is 14.7 Å². The van der Waals surface area contributed by atoms with Crippen molar-refractivity contribution >= 4 is 23.0 Å². The summed E-state index contributed by atoms with van der Waals surface area (Å²) in [7, 11) is 0. The molecule has 1 heterocycles. The lowest BCUT2D eigenvalue weighted by molar-refractivity contribution is -0.136. The predicted molar refractivity (Wildman–Crippen MR) is 74.3 cm³/mol. The molecule has 0 radical (unpaired) electrons. The Morgan fingerprint density at radius 3 is 3.00 bits per heavy atom. The lowest BCUT2D eigenvalue weighted by Gasteiger charge is -1.99. The molecule has 1 aromatic heterocycles. The topological polar surface area (TPSA) is 76.7 Å². The summed E-state index contributed by atoms with van der Waals surface area (Å²) in [4.78, 5) is 23.4. The molecule has 1 aromatic carbocycles. The van der Waals surface area contributed by atoms with Crippen molar-refractivity contribution in [3.63, 3.8) is 0 Å². The largest absolute Gasteiger partial charge is 0.508 e. The number of carbonyl (C=O) groups excluding carboxylic acids is 1. The molecule has 0 spiro atoms. The summed E-state index contributed by atoms with van der Waals surface area (Å²) in [6.07, 6.45) is 5.13. The molecule has 5 heteroatoms. The number of rotatable bonds is 4. The van der Waals surface area contributed by atoms with E-state index in [1.165, 1.54) is 36.6 Å². The van der Waals surface area contributed by atoms with Crippen LogP contribution >= 0.6 is 0 Å². The van der Waals surface area contributed by atoms with Crippen LogP contribution in [0.5, 0.6) is 5.75 Å². The number of esters is 1. The molecule has 1 N–H and O–H groups in total. The van der Waals surface area contributed by atoms with Crippen LogP contribution in [0.3, 0.4) is 0 Å². The van der Waals surface area contributed by atoms with E-state index in [0.717, 1.165) is 6.08 Å². The summed E-state index contributed by atoms with van der Waals surface area (Å²) < 4.78 is 9.98. The summed E-state index contributed by atoms with van der Waals surface area (Å²) >= 11 is 0. The zero-order valence-electron chi connectivity index (χ0n) is 10.5. The van der Waals surface area contributed by atoms with Crippen molar-refractivity contribution in [2.45, 2.75) is 0 Å². The van der Waals surface area contributed by atoms with Gasteiger partial charge in [-0.3, -0.25) is 4.79 Å². The maximum absolute atomic E-state index is 12.1. The molecule has 102 valence electrons. The van der Waals surface area contributed by atoms with Crippen molar-refractivity contribution in [1.29, 1.82) is 0 Å². The third-order valence-corrected chi connectivity index (χ3v) is 2.53. The van der Waals surface area contributed by atoms with Crippen LogP contribution in [-0.2, 0) is 9.53 Å². The molecule has 0 bridgehead atoms. The average Bonchev–Trinajstić information content (AvgIpc) is 2.44. The van der Waals surface area contributed by atoms with Crippen LogP contribution in [-0.4, -0.2) is 17.7 Å². The quantitative estimate of drug-likeness (QED) is 0.524. The van der Waals surface area contributed by atoms with E-state index in [4.69, 9.17) is 9.15 Å². The van der Waals surface area contributed by atoms with Crippen LogP contribution in [0, 0.1) is 0 Å². The van der Waals surface area contributed by atoms with Crippen molar-refractivity contribution in [3.05, 3.63) is 59.0 Å². The van der Waals surface area contributed by atoms with Crippen molar-refractivity contribution in [2.75, 3.05) is 6.61 Å². The number of aromatic hydroxyl groups is 1. The Morgan fingerprint density at radius 2 is 2.25 bits per heavy atom. The van der Waals surface area contributed by atoms with Gasteiger partial charge < -0.3 is 14.3 Å². The Balaban J connectivity index is 2.32. The molecule has 0 saturated carbocycles. The second kappa shape index (κ2) is 5.88. The molecule has 0 atom stereocenters. The van der Waals surface area contributed by atoms with Gasteiger partial charge in [-0.25, -0.2) is 4.79 Å². The summed E-state index contributed by atoms with van der Waals surface area (Å²) in [5.41, 5.74) is 0.208. The molecule has 0 aliphatic heterocycles. The highest BCUT2D eigenvalue weighted by Crippen LogP contribution is 2.17. The number of hydrogen-bond acceptors (Lipinski definition) is 5. The molecular weight excluding hydrogens is 260 g/mol. The van der Waals surface area contributed by atoms with Crippen LogP contribution in [0.4, 0.5) is 0 Å². The van der Waals surface area contributed by atoms with Crippen LogP contribution in [0.25, 0.3) is 17.0 Å². The van der Waals surface area contributed by atoms with E-state index in [-0.39, 0.29) is 28.9 Å². The van der Waals surface area contributed by atoms with Gasteiger partial charge in [-0.15, -0.1) is 0 Å². The number of carbonyl (C=O) groups is 1. The van der Waals surface area contributed by atoms with E-state index >= 15 is 0 Å². The first kappa shape index (κ1) is 13.6. The average molecular weight is 272 g/mol. The Labute approximate surface area is 114 Å². The Bertz CT molecular complexity index is 740. The number of phenolic OH excluding ortho intramolecular Hbond substituents is 1. The number of fused-ring (bicyclic) bond motifs is 1. The zero-order valence-corrected chi connectivity index (χ0v) is 10.5. The summed E-state index contributed by atoms with van der Waals surface area (Å²) in [6, 6.07) is 4.21. The minimum absolute atomic E-state index is 0.0111. The third kappa shape index (κ3) is 2.95. The molecule has 0 amide bonds. The van der Waals surface area contributed by atoms with E-state index in [2.05, 4.69) is 6.58 Å². The second-order valence-electron chi connectivity index (χ2n) is 3.95. The molecule has 2 rings (SSSR count). The van der Waals surface area contributed by atoms with E-state index in [1.54, 1.807) is 0 Å². The molecule has 0 aliphatic rings. The Morgan fingerprint density at radius 1 is 1.45 bits per heavy atom. The highest BCUT2D eigenvalue weighted by Gasteiger charge is 2.06. The minimum Gasteiger partial charge on any atom is -0.508 e. The maximum atomic E-state index is 12.1. The van der Waals surface area contributed by atoms with Crippen molar-refractivity contribution in [3.8, 4) is 5.75 Å². The molecule has 0 unspecified atom stereocenters. The summed E-state index contributed by atoms with van der Waals surface area (Å²) in [5.74, 6) is -0.563. The summed E-state index contributed by atoms with van der Waals surface area (Å²) in [5, 5.41) is 9.63. The van der Waals surface area contributed by atoms with Gasteiger partial charge >= 0.3 is 5.97 Å². The van der Waals surface area contributed by atoms with E-state index in [0.29, 0.717) is 5.39 Å². The smallest absolute Gasteiger partial charge is 0.331 e. The number of hydrogen-bond donors (Lipinski definition) is 1. The van der Waals surface area contributed by atoms with Crippen molar-refractivity contribution in [2.24, 2.45) is 0 Å². The minimum atomic E-state index is -0.574. The molecule has 0 fully saturated rings. The monoisotopic (exact) mass is 272 g/mol. The van der Waals surface area contributed by atoms with Crippen LogP contribution in [0.2, 0.25) is 0 Å². The normalized spacial score (nSPS) is 10.8. The van der Waals surface area contributed by atoms with Gasteiger partial charge in [0.15, 0.2) is 5.43 Å². The Kier molecular flexibility index (Phi) is 4.00. The van der Waals surface area contributed by atoms with Gasteiger partial charge in [-0.05, 0) is 18.2 Å². The van der Waals surface area contributed by atoms with Gasteiger partial charge in [0.2, 0.25) is 0 Å². The lowest BCUT2D eigenvalue weighted by atomic mass is 10.1. The molecule has 20 heavy (non-hydrogen) atoms. The van der Waals surface area contributed by atoms with Crippen LogP contribution in [0.1, 0.15) is 5.56 Å². The molecular formula is C15H12O5. The van der Waals surface area contributed by atoms with Crippen molar-refractivity contribution in [1.82, 2.24) is 0 Å². The van der Waals surface area contributed by atoms with Gasteiger partial charge in [-0.1, -0.05) is 12.7 Å². The number of ether oxygens (including phenoxy) is 1. The van der Waals surface area contributed by atoms with Crippen molar-refractivity contribution < 1.29 is 19.1 Å². The van der Waals surface area contributed by atoms with Crippen LogP contribution < -0.4 is 5.43 Å². The van der Waals surface area contributed by atoms with Gasteiger partial charge in [0.05, 0.1) is 10.9 Å². The number of benzene rings is 1. The predicted octanol–water partition coefficient (Wildman–Crippen LogP) is 2.24. The SMILES string of the molecule is C=CCOC(=O)/C=C/c1coc2cc(O)ccc2c1=O. The maximum Gasteiger partial charge on any atom is 0.331 e. The molecule has 2 aromatic rings. The fourth-order valence-corrected chi connectivity index (χ4v) is 1.59. The van der Waals surface area contributed by atoms with E-state index in [1.807, 2.05) is 0 Å². The zero-order chi connectivity index (χ0) is 14.5. The molecule has 0 aliphatic carbocycles. The lowest BCUT2D eigenvalue weighted by Crippen LogP contribution is -2.05. The van der Waals surface area contributed by atoms with Crippen LogP contribution in [0.15, 0.2) is 52.4 Å². The first-order valence-corrected chi connectivity index (χ1v) is 5.82. The van der Waals surface area contributed by atoms with E-state index < -0.39 is 5.97 Å². The second-order valence-corrected chi connectivity index (χ2v) is 3.95. The molecule has 5 nitrogen and oxygen atoms in total. The van der Waals surface area contributed by atoms with Gasteiger partial charge in [0, 0.05) is 12.1 Å². The van der Waals surface area contributed by atoms with Gasteiger partial charge in [-0.2, -0.15) is 0 Å². The fourth-order valence-electron chi connectivity index (χ4n) is 1.59. The fraction of sp³-hybridized carbons (Fsp3) is 0.0667. The standard InChI is InChI=1S/C15H12O5/c1-2-7-19-14(17)6-3-10-9-20-13-8-11(16)4-5-12(13)15(10)18/h2-6,8-9,16H,1,7H2/b6-3+. The van der Waals surface area contributed by atoms with Gasteiger partial charge in [0.1, 0.15) is 24.2 Å². The number of phenols is 1. The Hall–Kier alpha value is -2.82. The highest BCUT2D eigenvalue weighted by molar-refractivity contribution is 5.88. The highest BCUT2D eigenvalue weighted by atomic mass is 16.5. The first-order valence-electron chi connectivity index (χ1n) is 5.82. The molecule has 0 saturated heterocycles. The third-order valence-electron chi connectivity index (χ3n) is 2.53. The van der Waals surface area contributed by atoms with Gasteiger partial charge in [0.25, 0.3) is 0 Å². The first-order chi connectivity index (χ1) is 9.61. The summed E-state index contributed by atoms with van der Waals surface area (Å²) in [6.45, 7) is 3.53.